The van der Waals surface area contributed by atoms with Crippen LogP contribution < -0.4 is 10.2 Å². The third kappa shape index (κ3) is 4.86. The molecule has 0 aromatic heterocycles. The summed E-state index contributed by atoms with van der Waals surface area (Å²) in [5.74, 6) is -0.708. The van der Waals surface area contributed by atoms with Crippen molar-refractivity contribution < 1.29 is 22.4 Å². The molecule has 1 N–H and O–H groups in total. The number of fused-ring (bicyclic) bond motifs is 1. The molecule has 0 bridgehead atoms. The monoisotopic (exact) mass is 491 g/mol. The number of hydrogen-bond donors (Lipinski definition) is 1. The van der Waals surface area contributed by atoms with E-state index in [1.807, 2.05) is 4.90 Å². The summed E-state index contributed by atoms with van der Waals surface area (Å²) in [5.41, 5.74) is 0.986. The standard InChI is InChI=1S/C23H26FN3O4S2/c1-15(33(30,31)17-7-8-21-19(14-17)25-23(29)16(2)32-21)13-22(28)27-11-9-26(10-12-27)20-6-4-3-5-18(20)24/h3-8,14-16H,9-13H2,1-2H3,(H,25,29)/t15-,16+/m0/s1. The van der Waals surface area contributed by atoms with Crippen molar-refractivity contribution in [2.45, 2.75) is 40.6 Å². The number of rotatable bonds is 5. The average Bonchev–Trinajstić information content (AvgIpc) is 2.80. The van der Waals surface area contributed by atoms with Gasteiger partial charge in [0.1, 0.15) is 5.82 Å². The number of thioether (sulfide) groups is 1. The Labute approximate surface area is 197 Å². The number of halogens is 1. The van der Waals surface area contributed by atoms with E-state index in [0.717, 1.165) is 4.90 Å². The number of benzene rings is 2. The Morgan fingerprint density at radius 3 is 2.58 bits per heavy atom. The van der Waals surface area contributed by atoms with Crippen LogP contribution in [0.1, 0.15) is 20.3 Å². The maximum Gasteiger partial charge on any atom is 0.237 e. The molecule has 1 saturated heterocycles. The second-order valence-corrected chi connectivity index (χ2v) is 12.0. The Balaban J connectivity index is 1.39. The van der Waals surface area contributed by atoms with Gasteiger partial charge < -0.3 is 15.1 Å². The minimum atomic E-state index is -3.76. The number of piperazine rings is 1. The fourth-order valence-corrected chi connectivity index (χ4v) is 6.28. The van der Waals surface area contributed by atoms with Crippen LogP contribution in [-0.2, 0) is 19.4 Å². The SMILES string of the molecule is C[C@H]1Sc2ccc(S(=O)(=O)[C@@H](C)CC(=O)N3CCN(c4ccccc4F)CC3)cc2NC1=O. The number of amides is 2. The Kier molecular flexibility index (Phi) is 6.67. The van der Waals surface area contributed by atoms with Crippen LogP contribution in [0, 0.1) is 5.82 Å². The van der Waals surface area contributed by atoms with Gasteiger partial charge in [0, 0.05) is 37.5 Å². The molecule has 1 fully saturated rings. The molecule has 10 heteroatoms. The zero-order valence-electron chi connectivity index (χ0n) is 18.5. The molecule has 2 heterocycles. The predicted octanol–water partition coefficient (Wildman–Crippen LogP) is 3.16. The molecular formula is C23H26FN3O4S2. The molecular weight excluding hydrogens is 465 g/mol. The van der Waals surface area contributed by atoms with Gasteiger partial charge in [0.2, 0.25) is 11.8 Å². The van der Waals surface area contributed by atoms with Crippen LogP contribution in [0.2, 0.25) is 0 Å². The maximum absolute atomic E-state index is 14.0. The summed E-state index contributed by atoms with van der Waals surface area (Å²) >= 11 is 1.38. The largest absolute Gasteiger partial charge is 0.366 e. The number of hydrogen-bond acceptors (Lipinski definition) is 6. The van der Waals surface area contributed by atoms with E-state index in [0.29, 0.717) is 37.6 Å². The highest BCUT2D eigenvalue weighted by Crippen LogP contribution is 2.37. The molecule has 2 aliphatic rings. The van der Waals surface area contributed by atoms with Crippen molar-refractivity contribution in [2.75, 3.05) is 36.4 Å². The van der Waals surface area contributed by atoms with Crippen LogP contribution in [0.15, 0.2) is 52.3 Å². The topological polar surface area (TPSA) is 86.8 Å². The number of nitrogens with zero attached hydrogens (tertiary/aromatic N) is 2. The first-order chi connectivity index (χ1) is 15.7. The first kappa shape index (κ1) is 23.6. The molecule has 2 atom stereocenters. The van der Waals surface area contributed by atoms with Crippen molar-refractivity contribution in [3.8, 4) is 0 Å². The molecule has 2 aromatic rings. The minimum absolute atomic E-state index is 0.0846. The van der Waals surface area contributed by atoms with Gasteiger partial charge in [0.25, 0.3) is 0 Å². The van der Waals surface area contributed by atoms with Crippen LogP contribution in [0.25, 0.3) is 0 Å². The van der Waals surface area contributed by atoms with Crippen LogP contribution in [0.3, 0.4) is 0 Å². The zero-order valence-corrected chi connectivity index (χ0v) is 20.1. The van der Waals surface area contributed by atoms with Gasteiger partial charge in [-0.15, -0.1) is 11.8 Å². The number of para-hydroxylation sites is 1. The smallest absolute Gasteiger partial charge is 0.237 e. The van der Waals surface area contributed by atoms with E-state index in [-0.39, 0.29) is 34.2 Å². The Bertz CT molecular complexity index is 1180. The number of anilines is 2. The van der Waals surface area contributed by atoms with E-state index in [2.05, 4.69) is 5.32 Å². The van der Waals surface area contributed by atoms with Crippen LogP contribution in [0.5, 0.6) is 0 Å². The van der Waals surface area contributed by atoms with E-state index in [1.165, 1.54) is 36.9 Å². The summed E-state index contributed by atoms with van der Waals surface area (Å²) in [4.78, 5) is 29.2. The summed E-state index contributed by atoms with van der Waals surface area (Å²) in [7, 11) is -3.76. The molecule has 0 aliphatic carbocycles. The van der Waals surface area contributed by atoms with E-state index in [9.17, 15) is 22.4 Å². The lowest BCUT2D eigenvalue weighted by Gasteiger charge is -2.36. The Morgan fingerprint density at radius 1 is 1.18 bits per heavy atom. The summed E-state index contributed by atoms with van der Waals surface area (Å²) in [6, 6.07) is 11.2. The molecule has 4 rings (SSSR count). The number of sulfone groups is 1. The predicted molar refractivity (Wildman–Crippen MR) is 127 cm³/mol. The number of carbonyl (C=O) groups is 2. The van der Waals surface area contributed by atoms with Gasteiger partial charge >= 0.3 is 0 Å². The summed E-state index contributed by atoms with van der Waals surface area (Å²) < 4.78 is 40.3. The van der Waals surface area contributed by atoms with Crippen LogP contribution >= 0.6 is 11.8 Å². The minimum Gasteiger partial charge on any atom is -0.366 e. The molecule has 2 aliphatic heterocycles. The molecule has 0 unspecified atom stereocenters. The highest BCUT2D eigenvalue weighted by molar-refractivity contribution is 8.01. The summed E-state index contributed by atoms with van der Waals surface area (Å²) in [6.45, 7) is 5.08. The van der Waals surface area contributed by atoms with Gasteiger partial charge in [0.05, 0.1) is 26.8 Å². The van der Waals surface area contributed by atoms with Crippen LogP contribution in [-0.4, -0.2) is 61.8 Å². The number of nitrogens with one attached hydrogen (secondary N) is 1. The molecule has 2 aromatic carbocycles. The summed E-state index contributed by atoms with van der Waals surface area (Å²) in [6.07, 6.45) is -0.142. The van der Waals surface area contributed by atoms with E-state index in [4.69, 9.17) is 0 Å². The molecule has 2 amide bonds. The molecule has 0 spiro atoms. The normalized spacial score (nSPS) is 19.6. The summed E-state index contributed by atoms with van der Waals surface area (Å²) in [5, 5.41) is 1.59. The van der Waals surface area contributed by atoms with Gasteiger partial charge in [-0.2, -0.15) is 0 Å². The van der Waals surface area contributed by atoms with E-state index >= 15 is 0 Å². The third-order valence-electron chi connectivity index (χ3n) is 6.03. The van der Waals surface area contributed by atoms with Crippen LogP contribution in [0.4, 0.5) is 15.8 Å². The average molecular weight is 492 g/mol. The molecule has 0 saturated carbocycles. The van der Waals surface area contributed by atoms with Crippen molar-refractivity contribution in [3.05, 3.63) is 48.3 Å². The molecule has 7 nitrogen and oxygen atoms in total. The highest BCUT2D eigenvalue weighted by Gasteiger charge is 2.31. The first-order valence-corrected chi connectivity index (χ1v) is 13.2. The van der Waals surface area contributed by atoms with Gasteiger partial charge in [-0.25, -0.2) is 12.8 Å². The Morgan fingerprint density at radius 2 is 1.88 bits per heavy atom. The van der Waals surface area contributed by atoms with Gasteiger partial charge in [-0.3, -0.25) is 9.59 Å². The van der Waals surface area contributed by atoms with Crippen molar-refractivity contribution in [1.29, 1.82) is 0 Å². The maximum atomic E-state index is 14.0. The third-order valence-corrected chi connectivity index (χ3v) is 9.34. The lowest BCUT2D eigenvalue weighted by Crippen LogP contribution is -2.49. The van der Waals surface area contributed by atoms with Crippen molar-refractivity contribution in [3.63, 3.8) is 0 Å². The fraction of sp³-hybridized carbons (Fsp3) is 0.391. The lowest BCUT2D eigenvalue weighted by molar-refractivity contribution is -0.131. The zero-order chi connectivity index (χ0) is 23.8. The Hall–Kier alpha value is -2.59. The van der Waals surface area contributed by atoms with Gasteiger partial charge in [-0.1, -0.05) is 12.1 Å². The number of carbonyl (C=O) groups excluding carboxylic acids is 2. The van der Waals surface area contributed by atoms with E-state index < -0.39 is 15.1 Å². The molecule has 176 valence electrons. The fourth-order valence-electron chi connectivity index (χ4n) is 3.99. The van der Waals surface area contributed by atoms with E-state index in [1.54, 1.807) is 36.1 Å². The molecule has 0 radical (unpaired) electrons. The quantitative estimate of drug-likeness (QED) is 0.692. The van der Waals surface area contributed by atoms with Gasteiger partial charge in [0.15, 0.2) is 9.84 Å². The highest BCUT2D eigenvalue weighted by atomic mass is 32.2. The second kappa shape index (κ2) is 9.34. The van der Waals surface area contributed by atoms with Crippen molar-refractivity contribution >= 4 is 44.8 Å². The second-order valence-electron chi connectivity index (χ2n) is 8.29. The van der Waals surface area contributed by atoms with Crippen molar-refractivity contribution in [1.82, 2.24) is 4.90 Å². The first-order valence-electron chi connectivity index (χ1n) is 10.8. The molecule has 33 heavy (non-hydrogen) atoms. The lowest BCUT2D eigenvalue weighted by atomic mass is 10.2. The van der Waals surface area contributed by atoms with Crippen molar-refractivity contribution in [2.24, 2.45) is 0 Å². The van der Waals surface area contributed by atoms with Gasteiger partial charge in [-0.05, 0) is 44.2 Å².